The summed E-state index contributed by atoms with van der Waals surface area (Å²) in [5.74, 6) is 0.111. The van der Waals surface area contributed by atoms with Crippen LogP contribution in [0.3, 0.4) is 0 Å². The molecule has 0 aromatic rings. The molecule has 0 radical (unpaired) electrons. The van der Waals surface area contributed by atoms with Gasteiger partial charge in [-0.1, -0.05) is 39.0 Å². The summed E-state index contributed by atoms with van der Waals surface area (Å²) in [5, 5.41) is 0. The molecule has 3 heteroatoms. The van der Waals surface area contributed by atoms with Crippen LogP contribution in [-0.4, -0.2) is 18.4 Å². The first-order valence-corrected chi connectivity index (χ1v) is 7.84. The topological polar surface area (TPSA) is 43.4 Å². The first-order chi connectivity index (χ1) is 9.15. The Hall–Kier alpha value is -0.860. The lowest BCUT2D eigenvalue weighted by Crippen LogP contribution is -2.23. The van der Waals surface area contributed by atoms with E-state index >= 15 is 0 Å². The normalized spacial score (nSPS) is 23.7. The van der Waals surface area contributed by atoms with Gasteiger partial charge >= 0.3 is 5.97 Å². The van der Waals surface area contributed by atoms with E-state index < -0.39 is 0 Å². The lowest BCUT2D eigenvalue weighted by molar-refractivity contribution is -0.148. The number of ether oxygens (including phenoxy) is 1. The number of hydrogen-bond acceptors (Lipinski definition) is 3. The van der Waals surface area contributed by atoms with Crippen LogP contribution < -0.4 is 0 Å². The highest BCUT2D eigenvalue weighted by Gasteiger charge is 2.24. The van der Waals surface area contributed by atoms with E-state index in [0.717, 1.165) is 19.3 Å². The smallest absolute Gasteiger partial charge is 0.308 e. The maximum absolute atomic E-state index is 12.2. The highest BCUT2D eigenvalue weighted by Crippen LogP contribution is 2.25. The zero-order chi connectivity index (χ0) is 14.1. The number of rotatable bonds is 4. The summed E-state index contributed by atoms with van der Waals surface area (Å²) < 4.78 is 5.03. The lowest BCUT2D eigenvalue weighted by atomic mass is 9.85. The summed E-state index contributed by atoms with van der Waals surface area (Å²) in [6, 6.07) is 0. The standard InChI is InChI=1S/C16H28O3/c1-3-19-16(18)13(2)12-14-10-8-6-4-5-7-9-11-15(14)17/h13-14H,3-12H2,1-2H3. The lowest BCUT2D eigenvalue weighted by Gasteiger charge is -2.20. The van der Waals surface area contributed by atoms with Crippen molar-refractivity contribution in [3.05, 3.63) is 0 Å². The number of ketones is 1. The Morgan fingerprint density at radius 3 is 2.53 bits per heavy atom. The summed E-state index contributed by atoms with van der Waals surface area (Å²) >= 11 is 0. The van der Waals surface area contributed by atoms with Gasteiger partial charge in [0, 0.05) is 12.3 Å². The van der Waals surface area contributed by atoms with Crippen molar-refractivity contribution in [3.63, 3.8) is 0 Å². The van der Waals surface area contributed by atoms with Gasteiger partial charge in [0.05, 0.1) is 12.5 Å². The third kappa shape index (κ3) is 6.22. The van der Waals surface area contributed by atoms with Crippen LogP contribution in [0.25, 0.3) is 0 Å². The largest absolute Gasteiger partial charge is 0.466 e. The van der Waals surface area contributed by atoms with Gasteiger partial charge in [-0.15, -0.1) is 0 Å². The fourth-order valence-electron chi connectivity index (χ4n) is 2.82. The van der Waals surface area contributed by atoms with Crippen LogP contribution in [0.15, 0.2) is 0 Å². The molecule has 1 rings (SSSR count). The molecule has 0 aromatic heterocycles. The van der Waals surface area contributed by atoms with Gasteiger partial charge in [0.2, 0.25) is 0 Å². The van der Waals surface area contributed by atoms with E-state index in [2.05, 4.69) is 0 Å². The van der Waals surface area contributed by atoms with Crippen LogP contribution >= 0.6 is 0 Å². The molecule has 1 aliphatic carbocycles. The van der Waals surface area contributed by atoms with E-state index in [0.29, 0.717) is 25.2 Å². The van der Waals surface area contributed by atoms with Crippen LogP contribution in [0.4, 0.5) is 0 Å². The zero-order valence-electron chi connectivity index (χ0n) is 12.5. The molecule has 110 valence electrons. The van der Waals surface area contributed by atoms with Gasteiger partial charge in [-0.05, 0) is 26.2 Å². The van der Waals surface area contributed by atoms with Crippen molar-refractivity contribution in [1.82, 2.24) is 0 Å². The van der Waals surface area contributed by atoms with E-state index in [1.54, 1.807) is 0 Å². The van der Waals surface area contributed by atoms with E-state index in [1.165, 1.54) is 25.7 Å². The molecular formula is C16H28O3. The number of hydrogen-bond donors (Lipinski definition) is 0. The first kappa shape index (κ1) is 16.2. The Balaban J connectivity index is 2.49. The first-order valence-electron chi connectivity index (χ1n) is 7.84. The molecule has 1 saturated carbocycles. The Morgan fingerprint density at radius 2 is 1.84 bits per heavy atom. The Kier molecular flexibility index (Phi) is 7.76. The molecule has 0 bridgehead atoms. The van der Waals surface area contributed by atoms with Crippen LogP contribution in [-0.2, 0) is 14.3 Å². The average Bonchev–Trinajstić information content (AvgIpc) is 2.40. The third-order valence-electron chi connectivity index (χ3n) is 4.01. The second-order valence-corrected chi connectivity index (χ2v) is 5.71. The Bertz CT molecular complexity index is 286. The van der Waals surface area contributed by atoms with Gasteiger partial charge in [0.15, 0.2) is 0 Å². The molecule has 1 aliphatic rings. The van der Waals surface area contributed by atoms with Gasteiger partial charge in [-0.25, -0.2) is 0 Å². The van der Waals surface area contributed by atoms with Crippen molar-refractivity contribution < 1.29 is 14.3 Å². The molecule has 0 amide bonds. The van der Waals surface area contributed by atoms with Crippen molar-refractivity contribution >= 4 is 11.8 Å². The highest BCUT2D eigenvalue weighted by molar-refractivity contribution is 5.82. The molecule has 19 heavy (non-hydrogen) atoms. The molecule has 2 atom stereocenters. The minimum Gasteiger partial charge on any atom is -0.466 e. The summed E-state index contributed by atoms with van der Waals surface area (Å²) in [6.07, 6.45) is 9.38. The van der Waals surface area contributed by atoms with E-state index in [9.17, 15) is 9.59 Å². The molecule has 0 spiro atoms. The Labute approximate surface area is 117 Å². The summed E-state index contributed by atoms with van der Waals surface area (Å²) in [6.45, 7) is 4.12. The molecule has 0 N–H and O–H groups in total. The van der Waals surface area contributed by atoms with Gasteiger partial charge in [-0.3, -0.25) is 9.59 Å². The molecule has 3 nitrogen and oxygen atoms in total. The van der Waals surface area contributed by atoms with Crippen molar-refractivity contribution in [2.45, 2.75) is 71.6 Å². The van der Waals surface area contributed by atoms with Gasteiger partial charge < -0.3 is 4.74 Å². The van der Waals surface area contributed by atoms with E-state index in [1.807, 2.05) is 13.8 Å². The summed E-state index contributed by atoms with van der Waals surface area (Å²) in [7, 11) is 0. The summed E-state index contributed by atoms with van der Waals surface area (Å²) in [5.41, 5.74) is 0. The summed E-state index contributed by atoms with van der Waals surface area (Å²) in [4.78, 5) is 23.9. The number of Topliss-reactive ketones (excluding diaryl/α,β-unsaturated/α-hetero) is 1. The van der Waals surface area contributed by atoms with Gasteiger partial charge in [-0.2, -0.15) is 0 Å². The van der Waals surface area contributed by atoms with Crippen LogP contribution in [0, 0.1) is 11.8 Å². The number of carbonyl (C=O) groups excluding carboxylic acids is 2. The second-order valence-electron chi connectivity index (χ2n) is 5.71. The van der Waals surface area contributed by atoms with Gasteiger partial charge in [0.25, 0.3) is 0 Å². The molecule has 0 aromatic carbocycles. The minimum atomic E-state index is -0.160. The maximum Gasteiger partial charge on any atom is 0.308 e. The zero-order valence-corrected chi connectivity index (χ0v) is 12.5. The molecular weight excluding hydrogens is 240 g/mol. The van der Waals surface area contributed by atoms with Crippen molar-refractivity contribution in [1.29, 1.82) is 0 Å². The fourth-order valence-corrected chi connectivity index (χ4v) is 2.82. The quantitative estimate of drug-likeness (QED) is 0.726. The maximum atomic E-state index is 12.2. The molecule has 0 aliphatic heterocycles. The van der Waals surface area contributed by atoms with Crippen molar-refractivity contribution in [3.8, 4) is 0 Å². The van der Waals surface area contributed by atoms with Crippen molar-refractivity contribution in [2.75, 3.05) is 6.61 Å². The Morgan fingerprint density at radius 1 is 1.21 bits per heavy atom. The van der Waals surface area contributed by atoms with E-state index in [-0.39, 0.29) is 17.8 Å². The third-order valence-corrected chi connectivity index (χ3v) is 4.01. The molecule has 1 fully saturated rings. The number of esters is 1. The molecule has 2 unspecified atom stereocenters. The predicted molar refractivity (Wildman–Crippen MR) is 75.8 cm³/mol. The van der Waals surface area contributed by atoms with Crippen LogP contribution in [0.2, 0.25) is 0 Å². The molecule has 0 heterocycles. The monoisotopic (exact) mass is 268 g/mol. The average molecular weight is 268 g/mol. The van der Waals surface area contributed by atoms with Gasteiger partial charge in [0.1, 0.15) is 5.78 Å². The minimum absolute atomic E-state index is 0.0671. The number of carbonyl (C=O) groups is 2. The highest BCUT2D eigenvalue weighted by atomic mass is 16.5. The second kappa shape index (κ2) is 9.11. The van der Waals surface area contributed by atoms with E-state index in [4.69, 9.17) is 4.74 Å². The predicted octanol–water partition coefficient (Wildman–Crippen LogP) is 3.90. The fraction of sp³-hybridized carbons (Fsp3) is 0.875. The van der Waals surface area contributed by atoms with Crippen LogP contribution in [0.1, 0.15) is 71.6 Å². The SMILES string of the molecule is CCOC(=O)C(C)CC1CCCCCCCCC1=O. The van der Waals surface area contributed by atoms with Crippen LogP contribution in [0.5, 0.6) is 0 Å². The van der Waals surface area contributed by atoms with Crippen molar-refractivity contribution in [2.24, 2.45) is 11.8 Å². The molecule has 0 saturated heterocycles.